The monoisotopic (exact) mass is 369 g/mol. The van der Waals surface area contributed by atoms with E-state index in [1.54, 1.807) is 0 Å². The molecule has 0 saturated carbocycles. The van der Waals surface area contributed by atoms with Crippen molar-refractivity contribution in [3.8, 4) is 5.75 Å². The van der Waals surface area contributed by atoms with Gasteiger partial charge in [-0.05, 0) is 6.92 Å². The summed E-state index contributed by atoms with van der Waals surface area (Å²) in [6.07, 6.45) is -6.95. The van der Waals surface area contributed by atoms with E-state index in [9.17, 15) is 48.3 Å². The van der Waals surface area contributed by atoms with Crippen LogP contribution in [0.5, 0.6) is 5.75 Å². The Morgan fingerprint density at radius 2 is 1.60 bits per heavy atom. The highest BCUT2D eigenvalue weighted by Crippen LogP contribution is 2.45. The number of carbonyl (C=O) groups is 1. The van der Waals surface area contributed by atoms with Crippen molar-refractivity contribution in [1.82, 2.24) is 0 Å². The van der Waals surface area contributed by atoms with Crippen molar-refractivity contribution in [2.75, 3.05) is 6.61 Å². The predicted molar refractivity (Wildman–Crippen MR) is 69.2 cm³/mol. The second-order valence-electron chi connectivity index (χ2n) is 4.27. The third kappa shape index (κ3) is 4.72. The number of benzene rings is 1. The molecule has 15 heteroatoms. The molecule has 0 atom stereocenters. The largest absolute Gasteiger partial charge is 0.514 e. The summed E-state index contributed by atoms with van der Waals surface area (Å²) >= 11 is 0. The van der Waals surface area contributed by atoms with Crippen molar-refractivity contribution < 1.29 is 42.2 Å². The normalized spacial score (nSPS) is 10.9. The molecule has 1 aromatic rings. The SMILES string of the molecule is Cc1cc([N+](=O)[O-])c([N+](=O)[O-])c([N+](=O)[O-])c1OC(=O)OCC(F)(F)F. The van der Waals surface area contributed by atoms with Gasteiger partial charge in [0.1, 0.15) is 0 Å². The molecule has 0 aromatic heterocycles. The Hall–Kier alpha value is -3.52. The number of halogens is 3. The lowest BCUT2D eigenvalue weighted by Crippen LogP contribution is -2.22. The van der Waals surface area contributed by atoms with E-state index in [-0.39, 0.29) is 0 Å². The van der Waals surface area contributed by atoms with E-state index in [0.29, 0.717) is 6.07 Å². The van der Waals surface area contributed by atoms with Gasteiger partial charge in [-0.15, -0.1) is 0 Å². The number of nitrogens with zero attached hydrogens (tertiary/aromatic N) is 3. The number of carbonyl (C=O) groups excluding carboxylic acids is 1. The first-order valence-corrected chi connectivity index (χ1v) is 5.87. The molecule has 0 spiro atoms. The summed E-state index contributed by atoms with van der Waals surface area (Å²) in [4.78, 5) is 39.8. The van der Waals surface area contributed by atoms with Crippen molar-refractivity contribution in [3.05, 3.63) is 42.0 Å². The highest BCUT2D eigenvalue weighted by molar-refractivity contribution is 5.77. The molecule has 0 saturated heterocycles. The average Bonchev–Trinajstić information content (AvgIpc) is 2.44. The fourth-order valence-electron chi connectivity index (χ4n) is 1.63. The van der Waals surface area contributed by atoms with E-state index >= 15 is 0 Å². The van der Waals surface area contributed by atoms with Gasteiger partial charge in [0.25, 0.3) is 0 Å². The number of nitro groups is 3. The third-order valence-electron chi connectivity index (χ3n) is 2.49. The second kappa shape index (κ2) is 6.93. The van der Waals surface area contributed by atoms with Crippen molar-refractivity contribution in [2.45, 2.75) is 13.1 Å². The Bertz CT molecular complexity index is 762. The van der Waals surface area contributed by atoms with E-state index < -0.39 is 62.1 Å². The lowest BCUT2D eigenvalue weighted by Gasteiger charge is -2.10. The van der Waals surface area contributed by atoms with Gasteiger partial charge < -0.3 is 9.47 Å². The lowest BCUT2D eigenvalue weighted by atomic mass is 10.1. The third-order valence-corrected chi connectivity index (χ3v) is 2.49. The number of hydrogen-bond donors (Lipinski definition) is 0. The molecular formula is C10H6F3N3O9. The predicted octanol–water partition coefficient (Wildman–Crippen LogP) is 2.80. The van der Waals surface area contributed by atoms with Crippen molar-refractivity contribution in [3.63, 3.8) is 0 Å². The maximum Gasteiger partial charge on any atom is 0.514 e. The first kappa shape index (κ1) is 19.5. The van der Waals surface area contributed by atoms with Gasteiger partial charge >= 0.3 is 29.4 Å². The smallest absolute Gasteiger partial charge is 0.424 e. The van der Waals surface area contributed by atoms with Gasteiger partial charge in [-0.1, -0.05) is 0 Å². The molecule has 0 bridgehead atoms. The molecule has 12 nitrogen and oxygen atoms in total. The molecule has 0 aliphatic heterocycles. The summed E-state index contributed by atoms with van der Waals surface area (Å²) in [6, 6.07) is 0.498. The summed E-state index contributed by atoms with van der Waals surface area (Å²) in [5.41, 5.74) is -4.90. The quantitative estimate of drug-likeness (QED) is 0.328. The number of hydrogen-bond acceptors (Lipinski definition) is 9. The van der Waals surface area contributed by atoms with Crippen LogP contribution in [0.25, 0.3) is 0 Å². The average molecular weight is 369 g/mol. The topological polar surface area (TPSA) is 165 Å². The molecule has 0 radical (unpaired) electrons. The molecule has 0 aliphatic rings. The molecule has 25 heavy (non-hydrogen) atoms. The molecule has 0 fully saturated rings. The van der Waals surface area contributed by atoms with Gasteiger partial charge in [-0.2, -0.15) is 13.2 Å². The van der Waals surface area contributed by atoms with Gasteiger partial charge in [-0.3, -0.25) is 30.3 Å². The van der Waals surface area contributed by atoms with Crippen LogP contribution in [-0.2, 0) is 4.74 Å². The fraction of sp³-hybridized carbons (Fsp3) is 0.300. The second-order valence-corrected chi connectivity index (χ2v) is 4.27. The van der Waals surface area contributed by atoms with Crippen molar-refractivity contribution >= 4 is 23.2 Å². The van der Waals surface area contributed by atoms with Gasteiger partial charge in [0.15, 0.2) is 6.61 Å². The minimum atomic E-state index is -4.92. The zero-order valence-corrected chi connectivity index (χ0v) is 11.9. The summed E-state index contributed by atoms with van der Waals surface area (Å²) in [5.74, 6) is -1.14. The minimum absolute atomic E-state index is 0.479. The first-order chi connectivity index (χ1) is 11.3. The maximum atomic E-state index is 11.9. The Morgan fingerprint density at radius 1 is 1.08 bits per heavy atom. The highest BCUT2D eigenvalue weighted by atomic mass is 19.4. The highest BCUT2D eigenvalue weighted by Gasteiger charge is 2.42. The summed E-state index contributed by atoms with van der Waals surface area (Å²) in [5, 5.41) is 32.8. The molecule has 0 heterocycles. The Labute approximate surface area is 134 Å². The molecular weight excluding hydrogens is 363 g/mol. The van der Waals surface area contributed by atoms with Gasteiger partial charge in [0.2, 0.25) is 5.75 Å². The van der Waals surface area contributed by atoms with E-state index in [2.05, 4.69) is 9.47 Å². The van der Waals surface area contributed by atoms with Crippen LogP contribution in [0.3, 0.4) is 0 Å². The van der Waals surface area contributed by atoms with Gasteiger partial charge in [0, 0.05) is 11.6 Å². The number of alkyl halides is 3. The summed E-state index contributed by atoms with van der Waals surface area (Å²) in [7, 11) is 0. The number of rotatable bonds is 5. The minimum Gasteiger partial charge on any atom is -0.424 e. The molecule has 0 aliphatic carbocycles. The van der Waals surface area contributed by atoms with Crippen LogP contribution in [0.2, 0.25) is 0 Å². The van der Waals surface area contributed by atoms with E-state index in [0.717, 1.165) is 6.92 Å². The van der Waals surface area contributed by atoms with Crippen LogP contribution in [0.15, 0.2) is 6.07 Å². The molecule has 1 aromatic carbocycles. The summed E-state index contributed by atoms with van der Waals surface area (Å²) < 4.78 is 43.7. The zero-order valence-electron chi connectivity index (χ0n) is 11.9. The lowest BCUT2D eigenvalue weighted by molar-refractivity contribution is -0.441. The molecule has 0 unspecified atom stereocenters. The Kier molecular flexibility index (Phi) is 5.42. The Morgan fingerprint density at radius 3 is 2.00 bits per heavy atom. The number of aryl methyl sites for hydroxylation is 1. The van der Waals surface area contributed by atoms with Crippen LogP contribution in [0, 0.1) is 37.3 Å². The van der Waals surface area contributed by atoms with Gasteiger partial charge in [0.05, 0.1) is 14.8 Å². The van der Waals surface area contributed by atoms with Crippen LogP contribution in [0.4, 0.5) is 35.0 Å². The van der Waals surface area contributed by atoms with Gasteiger partial charge in [-0.25, -0.2) is 4.79 Å². The van der Waals surface area contributed by atoms with E-state index in [4.69, 9.17) is 0 Å². The van der Waals surface area contributed by atoms with E-state index in [1.165, 1.54) is 0 Å². The number of nitro benzene ring substituents is 3. The zero-order chi connectivity index (χ0) is 19.5. The van der Waals surface area contributed by atoms with Crippen LogP contribution in [0.1, 0.15) is 5.56 Å². The Balaban J connectivity index is 3.43. The maximum absolute atomic E-state index is 11.9. The standard InChI is InChI=1S/C10H6F3N3O9/c1-4-2-5(14(18)19)6(15(20)21)7(16(22)23)8(4)25-9(17)24-3-10(11,12)13/h2H,3H2,1H3. The van der Waals surface area contributed by atoms with Crippen LogP contribution < -0.4 is 4.74 Å². The van der Waals surface area contributed by atoms with E-state index in [1.807, 2.05) is 0 Å². The molecule has 0 N–H and O–H groups in total. The fourth-order valence-corrected chi connectivity index (χ4v) is 1.63. The van der Waals surface area contributed by atoms with Crippen LogP contribution in [-0.4, -0.2) is 33.7 Å². The molecule has 136 valence electrons. The first-order valence-electron chi connectivity index (χ1n) is 5.87. The summed E-state index contributed by atoms with van der Waals surface area (Å²) in [6.45, 7) is -1.12. The molecule has 0 amide bonds. The van der Waals surface area contributed by atoms with Crippen molar-refractivity contribution in [2.24, 2.45) is 0 Å². The molecule has 1 rings (SSSR count). The van der Waals surface area contributed by atoms with Crippen LogP contribution >= 0.6 is 0 Å². The van der Waals surface area contributed by atoms with Crippen molar-refractivity contribution in [1.29, 1.82) is 0 Å². The number of ether oxygens (including phenoxy) is 2.